The zero-order valence-corrected chi connectivity index (χ0v) is 13.1. The van der Waals surface area contributed by atoms with Crippen LogP contribution in [0, 0.1) is 0 Å². The fourth-order valence-electron chi connectivity index (χ4n) is 3.33. The number of hydrogen-bond donors (Lipinski definition) is 1. The van der Waals surface area contributed by atoms with Crippen LogP contribution < -0.4 is 10.1 Å². The molecule has 6 heteroatoms. The van der Waals surface area contributed by atoms with Gasteiger partial charge in [0, 0.05) is 0 Å². The second kappa shape index (κ2) is 6.02. The monoisotopic (exact) mass is 316 g/mol. The minimum Gasteiger partial charge on any atom is -0.491 e. The summed E-state index contributed by atoms with van der Waals surface area (Å²) < 4.78 is 5.61. The molecule has 0 aromatic heterocycles. The molecule has 1 aliphatic heterocycles. The van der Waals surface area contributed by atoms with Crippen molar-refractivity contribution in [3.8, 4) is 5.75 Å². The highest BCUT2D eigenvalue weighted by atomic mass is 16.5. The van der Waals surface area contributed by atoms with Crippen molar-refractivity contribution in [2.45, 2.75) is 38.1 Å². The first-order valence-corrected chi connectivity index (χ1v) is 7.90. The highest BCUT2D eigenvalue weighted by Gasteiger charge is 2.52. The van der Waals surface area contributed by atoms with E-state index in [-0.39, 0.29) is 30.9 Å². The average molecular weight is 316 g/mol. The molecular weight excluding hydrogens is 296 g/mol. The minimum absolute atomic E-state index is 0.0829. The van der Waals surface area contributed by atoms with Crippen LogP contribution in [0.15, 0.2) is 24.3 Å². The van der Waals surface area contributed by atoms with Gasteiger partial charge in [-0.25, -0.2) is 4.79 Å². The summed E-state index contributed by atoms with van der Waals surface area (Å²) in [7, 11) is 0. The molecule has 0 unspecified atom stereocenters. The van der Waals surface area contributed by atoms with Crippen LogP contribution in [0.2, 0.25) is 0 Å². The number of hydrogen-bond acceptors (Lipinski definition) is 4. The predicted octanol–water partition coefficient (Wildman–Crippen LogP) is 2.13. The van der Waals surface area contributed by atoms with Gasteiger partial charge in [0.2, 0.25) is 0 Å². The van der Waals surface area contributed by atoms with Gasteiger partial charge in [-0.2, -0.15) is 0 Å². The number of carbonyl (C=O) groups excluding carboxylic acids is 3. The molecule has 23 heavy (non-hydrogen) atoms. The van der Waals surface area contributed by atoms with Crippen LogP contribution in [-0.2, 0) is 4.79 Å². The van der Waals surface area contributed by atoms with Crippen LogP contribution in [0.1, 0.15) is 43.0 Å². The van der Waals surface area contributed by atoms with Gasteiger partial charge in [0.05, 0.1) is 12.1 Å². The molecule has 2 aliphatic rings. The lowest BCUT2D eigenvalue weighted by Crippen LogP contribution is -2.44. The smallest absolute Gasteiger partial charge is 0.325 e. The van der Waals surface area contributed by atoms with E-state index in [0.717, 1.165) is 12.8 Å². The second-order valence-corrected chi connectivity index (χ2v) is 6.08. The summed E-state index contributed by atoms with van der Waals surface area (Å²) in [5, 5.41) is 2.84. The maximum absolute atomic E-state index is 12.5. The molecule has 1 heterocycles. The Morgan fingerprint density at radius 1 is 1.26 bits per heavy atom. The summed E-state index contributed by atoms with van der Waals surface area (Å²) in [6, 6.07) is 6.61. The van der Waals surface area contributed by atoms with E-state index < -0.39 is 5.54 Å². The number of benzene rings is 1. The van der Waals surface area contributed by atoms with Crippen LogP contribution >= 0.6 is 0 Å². The molecular formula is C17H20N2O4. The molecule has 1 aromatic rings. The number of para-hydroxylation sites is 1. The van der Waals surface area contributed by atoms with Crippen LogP contribution in [-0.4, -0.2) is 41.3 Å². The number of ether oxygens (including phenoxy) is 1. The number of rotatable bonds is 5. The van der Waals surface area contributed by atoms with E-state index in [1.807, 2.05) is 0 Å². The molecule has 1 N–H and O–H groups in total. The highest BCUT2D eigenvalue weighted by molar-refractivity contribution is 6.07. The van der Waals surface area contributed by atoms with E-state index in [1.54, 1.807) is 24.3 Å². The standard InChI is InChI=1S/C17H20N2O4/c1-12(20)13-6-2-3-7-14(13)23-11-10-19-15(21)17(18-16(19)22)8-4-5-9-17/h2-3,6-7H,4-5,8-11H2,1H3,(H,18,22). The molecule has 0 radical (unpaired) electrons. The lowest BCUT2D eigenvalue weighted by atomic mass is 9.98. The first-order valence-electron chi connectivity index (χ1n) is 7.90. The summed E-state index contributed by atoms with van der Waals surface area (Å²) in [5.41, 5.74) is -0.189. The summed E-state index contributed by atoms with van der Waals surface area (Å²) in [6.07, 6.45) is 3.34. The number of amides is 3. The summed E-state index contributed by atoms with van der Waals surface area (Å²) in [6.45, 7) is 1.82. The number of ketones is 1. The number of nitrogens with zero attached hydrogens (tertiary/aromatic N) is 1. The zero-order chi connectivity index (χ0) is 16.4. The molecule has 1 aliphatic carbocycles. The summed E-state index contributed by atoms with van der Waals surface area (Å²) in [5.74, 6) is 0.242. The molecule has 1 spiro atoms. The molecule has 6 nitrogen and oxygen atoms in total. The topological polar surface area (TPSA) is 75.7 Å². The van der Waals surface area contributed by atoms with Gasteiger partial charge in [-0.3, -0.25) is 14.5 Å². The Kier molecular flexibility index (Phi) is 4.07. The molecule has 2 fully saturated rings. The first kappa shape index (κ1) is 15.5. The maximum atomic E-state index is 12.5. The third-order valence-corrected chi connectivity index (χ3v) is 4.54. The number of urea groups is 1. The quantitative estimate of drug-likeness (QED) is 0.667. The highest BCUT2D eigenvalue weighted by Crippen LogP contribution is 2.34. The number of carbonyl (C=O) groups is 3. The van der Waals surface area contributed by atoms with E-state index in [4.69, 9.17) is 4.74 Å². The zero-order valence-electron chi connectivity index (χ0n) is 13.1. The van der Waals surface area contributed by atoms with Gasteiger partial charge in [-0.1, -0.05) is 25.0 Å². The maximum Gasteiger partial charge on any atom is 0.325 e. The lowest BCUT2D eigenvalue weighted by Gasteiger charge is -2.20. The Bertz CT molecular complexity index is 650. The van der Waals surface area contributed by atoms with E-state index in [9.17, 15) is 14.4 Å². The van der Waals surface area contributed by atoms with Gasteiger partial charge in [0.1, 0.15) is 17.9 Å². The van der Waals surface area contributed by atoms with E-state index in [0.29, 0.717) is 24.2 Å². The predicted molar refractivity (Wildman–Crippen MR) is 83.4 cm³/mol. The van der Waals surface area contributed by atoms with Gasteiger partial charge in [0.15, 0.2) is 5.78 Å². The third-order valence-electron chi connectivity index (χ3n) is 4.54. The summed E-state index contributed by atoms with van der Waals surface area (Å²) >= 11 is 0. The fourth-order valence-corrected chi connectivity index (χ4v) is 3.33. The van der Waals surface area contributed by atoms with Crippen molar-refractivity contribution in [3.63, 3.8) is 0 Å². The minimum atomic E-state index is -0.686. The number of imide groups is 1. The van der Waals surface area contributed by atoms with E-state index in [1.165, 1.54) is 11.8 Å². The van der Waals surface area contributed by atoms with Crippen molar-refractivity contribution in [1.82, 2.24) is 10.2 Å². The van der Waals surface area contributed by atoms with E-state index >= 15 is 0 Å². The van der Waals surface area contributed by atoms with Gasteiger partial charge in [-0.15, -0.1) is 0 Å². The van der Waals surface area contributed by atoms with Crippen LogP contribution in [0.4, 0.5) is 4.79 Å². The van der Waals surface area contributed by atoms with Crippen molar-refractivity contribution < 1.29 is 19.1 Å². The molecule has 3 rings (SSSR count). The first-order chi connectivity index (χ1) is 11.0. The average Bonchev–Trinajstić information content (AvgIpc) is 3.08. The fraction of sp³-hybridized carbons (Fsp3) is 0.471. The van der Waals surface area contributed by atoms with Gasteiger partial charge >= 0.3 is 6.03 Å². The van der Waals surface area contributed by atoms with Gasteiger partial charge in [-0.05, 0) is 31.9 Å². The van der Waals surface area contributed by atoms with Crippen molar-refractivity contribution in [3.05, 3.63) is 29.8 Å². The van der Waals surface area contributed by atoms with Crippen molar-refractivity contribution >= 4 is 17.7 Å². The molecule has 1 saturated heterocycles. The van der Waals surface area contributed by atoms with Crippen molar-refractivity contribution in [1.29, 1.82) is 0 Å². The Morgan fingerprint density at radius 2 is 1.96 bits per heavy atom. The number of nitrogens with one attached hydrogen (secondary N) is 1. The normalized spacial score (nSPS) is 19.3. The van der Waals surface area contributed by atoms with Gasteiger partial charge in [0.25, 0.3) is 5.91 Å². The number of Topliss-reactive ketones (excluding diaryl/α,β-unsaturated/α-hetero) is 1. The van der Waals surface area contributed by atoms with Crippen LogP contribution in [0.5, 0.6) is 5.75 Å². The Hall–Kier alpha value is -2.37. The molecule has 3 amide bonds. The second-order valence-electron chi connectivity index (χ2n) is 6.08. The lowest BCUT2D eigenvalue weighted by molar-refractivity contribution is -0.131. The van der Waals surface area contributed by atoms with Crippen molar-refractivity contribution in [2.75, 3.05) is 13.2 Å². The molecule has 1 saturated carbocycles. The Morgan fingerprint density at radius 3 is 2.65 bits per heavy atom. The SMILES string of the molecule is CC(=O)c1ccccc1OCCN1C(=O)NC2(CCCC2)C1=O. The summed E-state index contributed by atoms with van der Waals surface area (Å²) in [4.78, 5) is 37.3. The van der Waals surface area contributed by atoms with Gasteiger partial charge < -0.3 is 10.1 Å². The molecule has 0 atom stereocenters. The molecule has 122 valence electrons. The van der Waals surface area contributed by atoms with Crippen LogP contribution in [0.25, 0.3) is 0 Å². The Labute approximate surface area is 134 Å². The Balaban J connectivity index is 1.62. The molecule has 1 aromatic carbocycles. The largest absolute Gasteiger partial charge is 0.491 e. The van der Waals surface area contributed by atoms with Crippen LogP contribution in [0.3, 0.4) is 0 Å². The third kappa shape index (κ3) is 2.81. The molecule has 0 bridgehead atoms. The van der Waals surface area contributed by atoms with Crippen molar-refractivity contribution in [2.24, 2.45) is 0 Å². The van der Waals surface area contributed by atoms with E-state index in [2.05, 4.69) is 5.32 Å².